The Morgan fingerprint density at radius 2 is 1.87 bits per heavy atom. The van der Waals surface area contributed by atoms with Gasteiger partial charge in [-0.3, -0.25) is 4.79 Å². The van der Waals surface area contributed by atoms with Crippen LogP contribution >= 0.6 is 0 Å². The molecule has 0 aliphatic heterocycles. The third-order valence-corrected chi connectivity index (χ3v) is 3.96. The van der Waals surface area contributed by atoms with E-state index in [1.807, 2.05) is 50.2 Å². The molecule has 6 nitrogen and oxygen atoms in total. The summed E-state index contributed by atoms with van der Waals surface area (Å²) in [7, 11) is 0. The topological polar surface area (TPSA) is 65.1 Å². The Morgan fingerprint density at radius 3 is 2.65 bits per heavy atom. The molecule has 4 aromatic rings. The van der Waals surface area contributed by atoms with Crippen molar-refractivity contribution < 1.29 is 0 Å². The first-order chi connectivity index (χ1) is 11.1. The monoisotopic (exact) mass is 305 g/mol. The number of benzene rings is 1. The predicted octanol–water partition coefficient (Wildman–Crippen LogP) is 2.10. The highest BCUT2D eigenvalue weighted by Gasteiger charge is 2.15. The van der Waals surface area contributed by atoms with Crippen LogP contribution in [0.25, 0.3) is 16.4 Å². The lowest BCUT2D eigenvalue weighted by Gasteiger charge is -2.10. The first-order valence-corrected chi connectivity index (χ1v) is 7.41. The summed E-state index contributed by atoms with van der Waals surface area (Å²) in [4.78, 5) is 17.3. The molecule has 114 valence electrons. The fourth-order valence-corrected chi connectivity index (χ4v) is 2.91. The average Bonchev–Trinajstić information content (AvgIpc) is 3.03. The molecule has 3 aromatic heterocycles. The van der Waals surface area contributed by atoms with Gasteiger partial charge in [0.2, 0.25) is 0 Å². The molecular weight excluding hydrogens is 290 g/mol. The number of rotatable bonds is 2. The van der Waals surface area contributed by atoms with Crippen molar-refractivity contribution >= 4 is 16.4 Å². The van der Waals surface area contributed by atoms with Crippen molar-refractivity contribution in [1.82, 2.24) is 24.4 Å². The van der Waals surface area contributed by atoms with Crippen LogP contribution in [-0.4, -0.2) is 24.4 Å². The summed E-state index contributed by atoms with van der Waals surface area (Å²) in [5.74, 6) is 0.687. The molecule has 1 aromatic carbocycles. The van der Waals surface area contributed by atoms with Gasteiger partial charge in [-0.2, -0.15) is 10.2 Å². The maximum Gasteiger partial charge on any atom is 0.293 e. The van der Waals surface area contributed by atoms with E-state index in [0.717, 1.165) is 22.2 Å². The molecule has 23 heavy (non-hydrogen) atoms. The van der Waals surface area contributed by atoms with E-state index < -0.39 is 0 Å². The van der Waals surface area contributed by atoms with Crippen LogP contribution in [0.4, 0.5) is 0 Å². The zero-order chi connectivity index (χ0) is 16.0. The third kappa shape index (κ3) is 2.11. The van der Waals surface area contributed by atoms with Crippen LogP contribution in [0.1, 0.15) is 17.1 Å². The van der Waals surface area contributed by atoms with Gasteiger partial charge in [0.05, 0.1) is 29.3 Å². The molecule has 0 unspecified atom stereocenters. The highest BCUT2D eigenvalue weighted by atomic mass is 16.1. The maximum absolute atomic E-state index is 12.8. The van der Waals surface area contributed by atoms with E-state index in [4.69, 9.17) is 0 Å². The molecule has 4 rings (SSSR count). The number of nitrogens with zero attached hydrogens (tertiary/aromatic N) is 5. The Balaban J connectivity index is 2.00. The summed E-state index contributed by atoms with van der Waals surface area (Å²) >= 11 is 0. The highest BCUT2D eigenvalue weighted by Crippen LogP contribution is 2.19. The Kier molecular flexibility index (Phi) is 2.97. The van der Waals surface area contributed by atoms with E-state index >= 15 is 0 Å². The molecular formula is C17H15N5O. The van der Waals surface area contributed by atoms with Gasteiger partial charge in [0.15, 0.2) is 0 Å². The first kappa shape index (κ1) is 13.6. The quantitative estimate of drug-likeness (QED) is 0.569. The minimum atomic E-state index is -0.179. The standard InChI is InChI=1S/C17H15N5O/c1-11-15-14-8-9-18-22(14)12(2)19-16(15)17(23)21(20-11)10-13-6-4-3-5-7-13/h3-9H,10H2,1-2H3. The molecule has 6 heteroatoms. The van der Waals surface area contributed by atoms with Crippen LogP contribution in [0.3, 0.4) is 0 Å². The second kappa shape index (κ2) is 5.01. The van der Waals surface area contributed by atoms with Crippen LogP contribution in [0.2, 0.25) is 0 Å². The van der Waals surface area contributed by atoms with E-state index in [9.17, 15) is 4.79 Å². The van der Waals surface area contributed by atoms with E-state index in [0.29, 0.717) is 17.9 Å². The molecule has 0 N–H and O–H groups in total. The lowest BCUT2D eigenvalue weighted by atomic mass is 10.2. The minimum absolute atomic E-state index is 0.179. The Bertz CT molecular complexity index is 1080. The number of hydrogen-bond donors (Lipinski definition) is 0. The number of fused-ring (bicyclic) bond motifs is 3. The molecule has 0 aliphatic carbocycles. The molecule has 0 bridgehead atoms. The van der Waals surface area contributed by atoms with Gasteiger partial charge in [-0.15, -0.1) is 0 Å². The van der Waals surface area contributed by atoms with Crippen LogP contribution in [0.15, 0.2) is 47.4 Å². The van der Waals surface area contributed by atoms with Crippen molar-refractivity contribution in [3.63, 3.8) is 0 Å². The maximum atomic E-state index is 12.8. The van der Waals surface area contributed by atoms with Gasteiger partial charge in [0.25, 0.3) is 5.56 Å². The van der Waals surface area contributed by atoms with Crippen LogP contribution in [0, 0.1) is 13.8 Å². The Hall–Kier alpha value is -3.02. The zero-order valence-electron chi connectivity index (χ0n) is 12.9. The number of aromatic nitrogens is 5. The van der Waals surface area contributed by atoms with E-state index in [2.05, 4.69) is 15.2 Å². The van der Waals surface area contributed by atoms with Crippen molar-refractivity contribution in [1.29, 1.82) is 0 Å². The first-order valence-electron chi connectivity index (χ1n) is 7.41. The van der Waals surface area contributed by atoms with Crippen molar-refractivity contribution in [3.8, 4) is 0 Å². The van der Waals surface area contributed by atoms with Crippen LogP contribution in [0.5, 0.6) is 0 Å². The summed E-state index contributed by atoms with van der Waals surface area (Å²) in [6.45, 7) is 4.17. The third-order valence-electron chi connectivity index (χ3n) is 3.96. The molecule has 0 atom stereocenters. The van der Waals surface area contributed by atoms with Gasteiger partial charge in [0.1, 0.15) is 11.3 Å². The highest BCUT2D eigenvalue weighted by molar-refractivity contribution is 5.94. The van der Waals surface area contributed by atoms with Gasteiger partial charge in [-0.1, -0.05) is 30.3 Å². The predicted molar refractivity (Wildman–Crippen MR) is 87.6 cm³/mol. The van der Waals surface area contributed by atoms with Gasteiger partial charge >= 0.3 is 0 Å². The molecule has 0 fully saturated rings. The zero-order valence-corrected chi connectivity index (χ0v) is 12.9. The summed E-state index contributed by atoms with van der Waals surface area (Å²) in [6, 6.07) is 11.7. The smallest absolute Gasteiger partial charge is 0.265 e. The second-order valence-corrected chi connectivity index (χ2v) is 5.54. The number of hydrogen-bond acceptors (Lipinski definition) is 4. The normalized spacial score (nSPS) is 11.4. The van der Waals surface area contributed by atoms with E-state index in [1.54, 1.807) is 10.7 Å². The van der Waals surface area contributed by atoms with Gasteiger partial charge in [-0.25, -0.2) is 14.2 Å². The fraction of sp³-hybridized carbons (Fsp3) is 0.176. The van der Waals surface area contributed by atoms with Gasteiger partial charge < -0.3 is 0 Å². The van der Waals surface area contributed by atoms with Gasteiger partial charge in [0, 0.05) is 0 Å². The fourth-order valence-electron chi connectivity index (χ4n) is 2.91. The van der Waals surface area contributed by atoms with Crippen molar-refractivity contribution in [2.75, 3.05) is 0 Å². The number of aryl methyl sites for hydroxylation is 2. The van der Waals surface area contributed by atoms with Crippen LogP contribution in [-0.2, 0) is 6.54 Å². The largest absolute Gasteiger partial charge is 0.293 e. The molecule has 0 saturated carbocycles. The summed E-state index contributed by atoms with van der Waals surface area (Å²) in [6.07, 6.45) is 1.71. The lowest BCUT2D eigenvalue weighted by molar-refractivity contribution is 0.635. The molecule has 0 aliphatic rings. The van der Waals surface area contributed by atoms with Crippen molar-refractivity contribution in [2.24, 2.45) is 0 Å². The van der Waals surface area contributed by atoms with Crippen molar-refractivity contribution in [2.45, 2.75) is 20.4 Å². The summed E-state index contributed by atoms with van der Waals surface area (Å²) < 4.78 is 3.21. The average molecular weight is 305 g/mol. The molecule has 0 amide bonds. The molecule has 3 heterocycles. The minimum Gasteiger partial charge on any atom is -0.265 e. The second-order valence-electron chi connectivity index (χ2n) is 5.54. The van der Waals surface area contributed by atoms with E-state index in [-0.39, 0.29) is 5.56 Å². The Morgan fingerprint density at radius 1 is 1.09 bits per heavy atom. The molecule has 0 saturated heterocycles. The van der Waals surface area contributed by atoms with Gasteiger partial charge in [-0.05, 0) is 25.5 Å². The summed E-state index contributed by atoms with van der Waals surface area (Å²) in [5.41, 5.74) is 2.93. The lowest BCUT2D eigenvalue weighted by Crippen LogP contribution is -2.26. The SMILES string of the molecule is Cc1nn(Cc2ccccc2)c(=O)c2nc(C)n3nccc3c12. The van der Waals surface area contributed by atoms with E-state index in [1.165, 1.54) is 4.68 Å². The Labute approximate surface area is 132 Å². The summed E-state index contributed by atoms with van der Waals surface area (Å²) in [5, 5.41) is 9.49. The van der Waals surface area contributed by atoms with Crippen LogP contribution < -0.4 is 5.56 Å². The van der Waals surface area contributed by atoms with Crippen molar-refractivity contribution in [3.05, 3.63) is 70.0 Å². The molecule has 0 radical (unpaired) electrons. The molecule has 0 spiro atoms.